The molecule has 1 aromatic carbocycles. The van der Waals surface area contributed by atoms with Crippen molar-refractivity contribution in [1.29, 1.82) is 0 Å². The zero-order chi connectivity index (χ0) is 15.0. The highest BCUT2D eigenvalue weighted by atomic mass is 32.2. The largest absolute Gasteiger partial charge is 0.382 e. The van der Waals surface area contributed by atoms with Crippen LogP contribution in [0.4, 0.5) is 11.4 Å². The zero-order valence-corrected chi connectivity index (χ0v) is 13.3. The molecule has 0 radical (unpaired) electrons. The summed E-state index contributed by atoms with van der Waals surface area (Å²) in [7, 11) is -3.24. The number of nitrogens with zero attached hydrogens (tertiary/aromatic N) is 1. The van der Waals surface area contributed by atoms with Gasteiger partial charge in [0.1, 0.15) is 0 Å². The number of fused-ring (bicyclic) bond motifs is 2. The maximum Gasteiger partial charge on any atom is 0.177 e. The highest BCUT2D eigenvalue weighted by Gasteiger charge is 2.37. The Labute approximate surface area is 126 Å². The molecule has 5 nitrogen and oxygen atoms in total. The van der Waals surface area contributed by atoms with Crippen LogP contribution < -0.4 is 10.2 Å². The van der Waals surface area contributed by atoms with Gasteiger partial charge >= 0.3 is 0 Å². The molecule has 1 saturated heterocycles. The molecular weight excluding hydrogens is 288 g/mol. The van der Waals surface area contributed by atoms with Crippen LogP contribution in [0.1, 0.15) is 13.3 Å². The number of ether oxygens (including phenoxy) is 1. The van der Waals surface area contributed by atoms with Crippen molar-refractivity contribution >= 4 is 21.2 Å². The molecule has 2 heterocycles. The Morgan fingerprint density at radius 1 is 1.38 bits per heavy atom. The molecule has 1 fully saturated rings. The summed E-state index contributed by atoms with van der Waals surface area (Å²) in [6, 6.07) is 5.85. The fraction of sp³-hybridized carbons (Fsp3) is 0.600. The van der Waals surface area contributed by atoms with Crippen LogP contribution in [0.5, 0.6) is 0 Å². The van der Waals surface area contributed by atoms with Gasteiger partial charge < -0.3 is 15.0 Å². The van der Waals surface area contributed by atoms with Gasteiger partial charge in [0.05, 0.1) is 35.5 Å². The molecule has 0 saturated carbocycles. The van der Waals surface area contributed by atoms with Crippen molar-refractivity contribution in [2.24, 2.45) is 5.92 Å². The quantitative estimate of drug-likeness (QED) is 0.921. The van der Waals surface area contributed by atoms with Crippen LogP contribution in [-0.2, 0) is 14.6 Å². The molecule has 2 aliphatic rings. The van der Waals surface area contributed by atoms with Crippen LogP contribution >= 0.6 is 0 Å². The number of hydrogen-bond donors (Lipinski definition) is 1. The smallest absolute Gasteiger partial charge is 0.177 e. The van der Waals surface area contributed by atoms with Crippen molar-refractivity contribution in [2.45, 2.75) is 24.3 Å². The van der Waals surface area contributed by atoms with E-state index in [2.05, 4.69) is 17.1 Å². The molecule has 2 atom stereocenters. The van der Waals surface area contributed by atoms with Crippen molar-refractivity contribution < 1.29 is 13.2 Å². The monoisotopic (exact) mass is 310 g/mol. The first-order valence-electron chi connectivity index (χ1n) is 7.43. The van der Waals surface area contributed by atoms with E-state index in [0.29, 0.717) is 16.9 Å². The summed E-state index contributed by atoms with van der Waals surface area (Å²) in [5.74, 6) is 0.399. The van der Waals surface area contributed by atoms with Gasteiger partial charge in [0.25, 0.3) is 0 Å². The molecular formula is C15H22N2O3S. The molecule has 0 amide bonds. The van der Waals surface area contributed by atoms with Gasteiger partial charge in [0.2, 0.25) is 0 Å². The predicted molar refractivity (Wildman–Crippen MR) is 83.8 cm³/mol. The van der Waals surface area contributed by atoms with Crippen LogP contribution in [0, 0.1) is 5.92 Å². The van der Waals surface area contributed by atoms with Gasteiger partial charge in [0, 0.05) is 25.3 Å². The van der Waals surface area contributed by atoms with Crippen LogP contribution in [0.3, 0.4) is 0 Å². The summed E-state index contributed by atoms with van der Waals surface area (Å²) >= 11 is 0. The van der Waals surface area contributed by atoms with E-state index in [0.717, 1.165) is 44.1 Å². The molecule has 0 spiro atoms. The van der Waals surface area contributed by atoms with Crippen molar-refractivity contribution in [3.8, 4) is 0 Å². The second-order valence-corrected chi connectivity index (χ2v) is 7.85. The normalized spacial score (nSPS) is 25.0. The van der Waals surface area contributed by atoms with Crippen LogP contribution in [0.2, 0.25) is 0 Å². The zero-order valence-electron chi connectivity index (χ0n) is 12.5. The van der Waals surface area contributed by atoms with Gasteiger partial charge in [-0.15, -0.1) is 0 Å². The summed E-state index contributed by atoms with van der Waals surface area (Å²) in [5.41, 5.74) is 1.74. The third-order valence-corrected chi connectivity index (χ3v) is 5.42. The highest BCUT2D eigenvalue weighted by molar-refractivity contribution is 7.90. The van der Waals surface area contributed by atoms with Crippen LogP contribution in [0.25, 0.3) is 0 Å². The maximum atomic E-state index is 12.0. The number of hydrogen-bond acceptors (Lipinski definition) is 5. The minimum absolute atomic E-state index is 0.327. The van der Waals surface area contributed by atoms with Gasteiger partial charge in [-0.3, -0.25) is 0 Å². The van der Waals surface area contributed by atoms with E-state index in [1.54, 1.807) is 6.07 Å². The molecule has 116 valence electrons. The number of anilines is 2. The standard InChI is InChI=1S/C15H22N2O3S/c1-3-7-17-12-5-4-6-14(21(2,18)19)15(12)16-8-11-9-20-10-13(11)17/h4-6,11,13,16H,3,7-10H2,1-2H3. The fourth-order valence-electron chi connectivity index (χ4n) is 3.31. The van der Waals surface area contributed by atoms with Crippen LogP contribution in [0.15, 0.2) is 23.1 Å². The van der Waals surface area contributed by atoms with Gasteiger partial charge in [-0.2, -0.15) is 0 Å². The molecule has 21 heavy (non-hydrogen) atoms. The summed E-state index contributed by atoms with van der Waals surface area (Å²) in [6.07, 6.45) is 2.29. The summed E-state index contributed by atoms with van der Waals surface area (Å²) in [4.78, 5) is 2.71. The average Bonchev–Trinajstić information content (AvgIpc) is 2.84. The lowest BCUT2D eigenvalue weighted by Gasteiger charge is -2.32. The summed E-state index contributed by atoms with van der Waals surface area (Å²) in [5, 5.41) is 3.36. The van der Waals surface area contributed by atoms with E-state index in [9.17, 15) is 8.42 Å². The number of benzene rings is 1. The van der Waals surface area contributed by atoms with Gasteiger partial charge in [-0.1, -0.05) is 13.0 Å². The first-order valence-corrected chi connectivity index (χ1v) is 9.33. The Bertz CT molecular complexity index is 630. The van der Waals surface area contributed by atoms with E-state index in [4.69, 9.17) is 4.74 Å². The second-order valence-electron chi connectivity index (χ2n) is 5.86. The third kappa shape index (κ3) is 2.62. The van der Waals surface area contributed by atoms with Gasteiger partial charge in [-0.25, -0.2) is 8.42 Å². The summed E-state index contributed by atoms with van der Waals surface area (Å²) in [6.45, 7) is 5.26. The second kappa shape index (κ2) is 5.50. The average molecular weight is 310 g/mol. The topological polar surface area (TPSA) is 58.6 Å². The maximum absolute atomic E-state index is 12.0. The number of rotatable bonds is 3. The Hall–Kier alpha value is -1.27. The first-order chi connectivity index (χ1) is 10.0. The highest BCUT2D eigenvalue weighted by Crippen LogP contribution is 2.39. The molecule has 1 aromatic rings. The van der Waals surface area contributed by atoms with E-state index >= 15 is 0 Å². The van der Waals surface area contributed by atoms with E-state index in [1.807, 2.05) is 12.1 Å². The summed E-state index contributed by atoms with van der Waals surface area (Å²) < 4.78 is 29.7. The minimum Gasteiger partial charge on any atom is -0.382 e. The number of para-hydroxylation sites is 1. The van der Waals surface area contributed by atoms with Gasteiger partial charge in [0.15, 0.2) is 9.84 Å². The fourth-order valence-corrected chi connectivity index (χ4v) is 4.18. The van der Waals surface area contributed by atoms with Gasteiger partial charge in [-0.05, 0) is 18.6 Å². The van der Waals surface area contributed by atoms with E-state index < -0.39 is 9.84 Å². The van der Waals surface area contributed by atoms with E-state index in [-0.39, 0.29) is 0 Å². The van der Waals surface area contributed by atoms with Crippen molar-refractivity contribution in [3.05, 3.63) is 18.2 Å². The number of sulfone groups is 1. The Morgan fingerprint density at radius 2 is 2.19 bits per heavy atom. The predicted octanol–water partition coefficient (Wildman–Crippen LogP) is 1.75. The van der Waals surface area contributed by atoms with Crippen molar-refractivity contribution in [1.82, 2.24) is 0 Å². The minimum atomic E-state index is -3.24. The molecule has 2 unspecified atom stereocenters. The molecule has 0 aromatic heterocycles. The first kappa shape index (κ1) is 14.7. The van der Waals surface area contributed by atoms with Crippen molar-refractivity contribution in [3.63, 3.8) is 0 Å². The molecule has 6 heteroatoms. The number of nitrogens with one attached hydrogen (secondary N) is 1. The van der Waals surface area contributed by atoms with Crippen molar-refractivity contribution in [2.75, 3.05) is 42.8 Å². The Balaban J connectivity index is 2.12. The van der Waals surface area contributed by atoms with E-state index in [1.165, 1.54) is 6.26 Å². The molecule has 0 bridgehead atoms. The lowest BCUT2D eigenvalue weighted by molar-refractivity contribution is 0.185. The Kier molecular flexibility index (Phi) is 3.84. The molecule has 3 rings (SSSR count). The lowest BCUT2D eigenvalue weighted by atomic mass is 10.0. The lowest BCUT2D eigenvalue weighted by Crippen LogP contribution is -2.41. The third-order valence-electron chi connectivity index (χ3n) is 4.28. The molecule has 1 N–H and O–H groups in total. The Morgan fingerprint density at radius 3 is 2.90 bits per heavy atom. The van der Waals surface area contributed by atoms with Crippen LogP contribution in [-0.4, -0.2) is 47.0 Å². The SMILES string of the molecule is CCCN1c2cccc(S(C)(=O)=O)c2NCC2COCC21. The molecule has 0 aliphatic carbocycles. The molecule has 2 aliphatic heterocycles.